The third-order valence-corrected chi connectivity index (χ3v) is 4.44. The van der Waals surface area contributed by atoms with Gasteiger partial charge in [0.05, 0.1) is 24.1 Å². The van der Waals surface area contributed by atoms with Crippen LogP contribution in [0.3, 0.4) is 0 Å². The van der Waals surface area contributed by atoms with E-state index in [0.717, 1.165) is 34.0 Å². The number of hydrogen-bond acceptors (Lipinski definition) is 6. The minimum Gasteiger partial charge on any atom is -0.469 e. The van der Waals surface area contributed by atoms with E-state index in [1.54, 1.807) is 12.1 Å². The second kappa shape index (κ2) is 7.82. The maximum Gasteiger partial charge on any atom is 0.312 e. The van der Waals surface area contributed by atoms with Gasteiger partial charge in [0.15, 0.2) is 0 Å². The highest BCUT2D eigenvalue weighted by Gasteiger charge is 2.14. The molecule has 0 unspecified atom stereocenters. The van der Waals surface area contributed by atoms with E-state index in [1.165, 1.54) is 30.6 Å². The van der Waals surface area contributed by atoms with Crippen molar-refractivity contribution in [2.75, 3.05) is 7.11 Å². The summed E-state index contributed by atoms with van der Waals surface area (Å²) in [4.78, 5) is 27.3. The Morgan fingerprint density at radius 3 is 2.61 bits per heavy atom. The molecule has 1 heterocycles. The van der Waals surface area contributed by atoms with Crippen molar-refractivity contribution in [2.45, 2.75) is 32.6 Å². The number of aryl methyl sites for hydroxylation is 1. The molecule has 1 aromatic heterocycles. The zero-order valence-electron chi connectivity index (χ0n) is 13.1. The molecule has 0 amide bonds. The number of aromatic nitrogens is 1. The molecule has 2 rings (SSSR count). The van der Waals surface area contributed by atoms with Gasteiger partial charge in [0.25, 0.3) is 5.69 Å². The summed E-state index contributed by atoms with van der Waals surface area (Å²) < 4.78 is 4.68. The van der Waals surface area contributed by atoms with Crippen LogP contribution in [0.2, 0.25) is 0 Å². The summed E-state index contributed by atoms with van der Waals surface area (Å²) in [6.07, 6.45) is 2.65. The van der Waals surface area contributed by atoms with Crippen LogP contribution in [0.25, 0.3) is 0 Å². The third-order valence-electron chi connectivity index (χ3n) is 3.34. The summed E-state index contributed by atoms with van der Waals surface area (Å²) >= 11 is 1.50. The van der Waals surface area contributed by atoms with Crippen LogP contribution in [0.1, 0.15) is 34.5 Å². The summed E-state index contributed by atoms with van der Waals surface area (Å²) in [7, 11) is 1.36. The minimum atomic E-state index is -0.409. The molecule has 0 atom stereocenters. The van der Waals surface area contributed by atoms with Crippen LogP contribution in [0.4, 0.5) is 5.69 Å². The number of nitro groups is 1. The van der Waals surface area contributed by atoms with Gasteiger partial charge < -0.3 is 4.74 Å². The summed E-state index contributed by atoms with van der Waals surface area (Å²) in [5.41, 5.74) is 2.06. The fourth-order valence-electron chi connectivity index (χ4n) is 2.20. The van der Waals surface area contributed by atoms with Crippen LogP contribution in [0.15, 0.2) is 24.3 Å². The summed E-state index contributed by atoms with van der Waals surface area (Å²) in [6.45, 7) is 2.08. The van der Waals surface area contributed by atoms with E-state index < -0.39 is 4.92 Å². The Hall–Kier alpha value is -2.28. The first-order chi connectivity index (χ1) is 11.0. The lowest BCUT2D eigenvalue weighted by Gasteiger charge is -2.01. The number of hydrogen-bond donors (Lipinski definition) is 0. The molecule has 0 saturated carbocycles. The first-order valence-electron chi connectivity index (χ1n) is 7.31. The van der Waals surface area contributed by atoms with E-state index in [-0.39, 0.29) is 18.1 Å². The molecule has 0 aliphatic carbocycles. The van der Waals surface area contributed by atoms with Gasteiger partial charge in [-0.15, -0.1) is 11.3 Å². The van der Waals surface area contributed by atoms with Crippen molar-refractivity contribution in [3.05, 3.63) is 55.5 Å². The largest absolute Gasteiger partial charge is 0.469 e. The lowest BCUT2D eigenvalue weighted by atomic mass is 10.1. The van der Waals surface area contributed by atoms with Crippen LogP contribution >= 0.6 is 11.3 Å². The van der Waals surface area contributed by atoms with Crippen molar-refractivity contribution in [3.63, 3.8) is 0 Å². The molecule has 0 aliphatic heterocycles. The van der Waals surface area contributed by atoms with E-state index in [4.69, 9.17) is 0 Å². The number of methoxy groups -OCH3 is 1. The zero-order chi connectivity index (χ0) is 16.8. The van der Waals surface area contributed by atoms with E-state index in [0.29, 0.717) is 6.42 Å². The van der Waals surface area contributed by atoms with Gasteiger partial charge in [-0.2, -0.15) is 0 Å². The molecule has 1 aromatic carbocycles. The highest BCUT2D eigenvalue weighted by atomic mass is 32.1. The standard InChI is InChI=1S/C16H18N2O4S/c1-3-4-13-14(23-15(17-13)10-16(19)22-2)9-11-5-7-12(8-6-11)18(20)21/h5-8H,3-4,9-10H2,1-2H3. The Balaban J connectivity index is 2.19. The highest BCUT2D eigenvalue weighted by Crippen LogP contribution is 2.25. The maximum absolute atomic E-state index is 11.4. The second-order valence-corrected chi connectivity index (χ2v) is 6.25. The van der Waals surface area contributed by atoms with E-state index >= 15 is 0 Å². The smallest absolute Gasteiger partial charge is 0.312 e. The third kappa shape index (κ3) is 4.59. The Bertz CT molecular complexity index is 695. The number of rotatable bonds is 7. The molecule has 0 bridgehead atoms. The Labute approximate surface area is 138 Å². The molecule has 23 heavy (non-hydrogen) atoms. The van der Waals surface area contributed by atoms with Gasteiger partial charge in [0, 0.05) is 23.4 Å². The fraction of sp³-hybridized carbons (Fsp3) is 0.375. The Morgan fingerprint density at radius 2 is 2.04 bits per heavy atom. The fourth-order valence-corrected chi connectivity index (χ4v) is 3.33. The van der Waals surface area contributed by atoms with Gasteiger partial charge >= 0.3 is 5.97 Å². The first-order valence-corrected chi connectivity index (χ1v) is 8.12. The molecule has 6 nitrogen and oxygen atoms in total. The number of nitrogens with zero attached hydrogens (tertiary/aromatic N) is 2. The van der Waals surface area contributed by atoms with Gasteiger partial charge in [0.1, 0.15) is 5.01 Å². The van der Waals surface area contributed by atoms with Crippen LogP contribution in [0.5, 0.6) is 0 Å². The van der Waals surface area contributed by atoms with E-state index in [2.05, 4.69) is 16.6 Å². The van der Waals surface area contributed by atoms with Crippen molar-refractivity contribution in [1.29, 1.82) is 0 Å². The molecule has 0 N–H and O–H groups in total. The number of esters is 1. The Morgan fingerprint density at radius 1 is 1.35 bits per heavy atom. The van der Waals surface area contributed by atoms with E-state index in [9.17, 15) is 14.9 Å². The van der Waals surface area contributed by atoms with Crippen LogP contribution in [-0.2, 0) is 28.8 Å². The lowest BCUT2D eigenvalue weighted by molar-refractivity contribution is -0.384. The van der Waals surface area contributed by atoms with Crippen molar-refractivity contribution in [3.8, 4) is 0 Å². The monoisotopic (exact) mass is 334 g/mol. The predicted molar refractivity (Wildman–Crippen MR) is 87.7 cm³/mol. The van der Waals surface area contributed by atoms with Gasteiger partial charge in [-0.25, -0.2) is 4.98 Å². The van der Waals surface area contributed by atoms with Crippen LogP contribution in [0, 0.1) is 10.1 Å². The lowest BCUT2D eigenvalue weighted by Crippen LogP contribution is -2.04. The average molecular weight is 334 g/mol. The summed E-state index contributed by atoms with van der Waals surface area (Å²) in [6, 6.07) is 6.53. The normalized spacial score (nSPS) is 10.5. The molecule has 0 radical (unpaired) electrons. The SMILES string of the molecule is CCCc1nc(CC(=O)OC)sc1Cc1ccc([N+](=O)[O-])cc1. The number of thiazole rings is 1. The Kier molecular flexibility index (Phi) is 5.81. The topological polar surface area (TPSA) is 82.3 Å². The van der Waals surface area contributed by atoms with E-state index in [1.807, 2.05) is 0 Å². The molecular weight excluding hydrogens is 316 g/mol. The molecule has 0 spiro atoms. The molecule has 122 valence electrons. The van der Waals surface area contributed by atoms with Gasteiger partial charge in [-0.3, -0.25) is 14.9 Å². The first kappa shape index (κ1) is 17.1. The quantitative estimate of drug-likeness (QED) is 0.441. The number of carbonyl (C=O) groups is 1. The summed E-state index contributed by atoms with van der Waals surface area (Å²) in [5.74, 6) is -0.302. The predicted octanol–water partition coefficient (Wildman–Crippen LogP) is 3.31. The number of ether oxygens (including phenoxy) is 1. The van der Waals surface area contributed by atoms with Crippen LogP contribution < -0.4 is 0 Å². The number of benzene rings is 1. The van der Waals surface area contributed by atoms with Gasteiger partial charge in [0.2, 0.25) is 0 Å². The molecule has 0 saturated heterocycles. The molecule has 0 aliphatic rings. The van der Waals surface area contributed by atoms with Crippen LogP contribution in [-0.4, -0.2) is 23.0 Å². The average Bonchev–Trinajstić information content (AvgIpc) is 2.89. The van der Waals surface area contributed by atoms with Crippen molar-refractivity contribution in [1.82, 2.24) is 4.98 Å². The van der Waals surface area contributed by atoms with Crippen molar-refractivity contribution >= 4 is 23.0 Å². The number of carbonyl (C=O) groups excluding carboxylic acids is 1. The van der Waals surface area contributed by atoms with Crippen molar-refractivity contribution < 1.29 is 14.5 Å². The van der Waals surface area contributed by atoms with Gasteiger partial charge in [-0.05, 0) is 12.0 Å². The molecular formula is C16H18N2O4S. The van der Waals surface area contributed by atoms with Crippen molar-refractivity contribution in [2.24, 2.45) is 0 Å². The summed E-state index contributed by atoms with van der Waals surface area (Å²) in [5, 5.41) is 11.4. The molecule has 7 heteroatoms. The number of nitro benzene ring substituents is 1. The number of non-ortho nitro benzene ring substituents is 1. The maximum atomic E-state index is 11.4. The van der Waals surface area contributed by atoms with Gasteiger partial charge in [-0.1, -0.05) is 25.5 Å². The second-order valence-electron chi connectivity index (χ2n) is 5.08. The highest BCUT2D eigenvalue weighted by molar-refractivity contribution is 7.11. The molecule has 0 fully saturated rings. The minimum absolute atomic E-state index is 0.0817. The zero-order valence-corrected chi connectivity index (χ0v) is 13.9. The molecule has 2 aromatic rings.